The molecule has 0 spiro atoms. The SMILES string of the molecule is CN(C(=O)N1CCC[C@@H]1CC(=O)O)c1ccccc1. The summed E-state index contributed by atoms with van der Waals surface area (Å²) in [5, 5.41) is 8.88. The molecule has 5 nitrogen and oxygen atoms in total. The highest BCUT2D eigenvalue weighted by Gasteiger charge is 2.32. The van der Waals surface area contributed by atoms with E-state index in [1.54, 1.807) is 16.8 Å². The number of benzene rings is 1. The Kier molecular flexibility index (Phi) is 4.04. The maximum absolute atomic E-state index is 12.4. The first-order chi connectivity index (χ1) is 9.09. The summed E-state index contributed by atoms with van der Waals surface area (Å²) >= 11 is 0. The van der Waals surface area contributed by atoms with Crippen LogP contribution in [-0.2, 0) is 4.79 Å². The summed E-state index contributed by atoms with van der Waals surface area (Å²) in [5.41, 5.74) is 0.813. The third-order valence-corrected chi connectivity index (χ3v) is 3.46. The van der Waals surface area contributed by atoms with Gasteiger partial charge in [0.2, 0.25) is 0 Å². The number of hydrogen-bond donors (Lipinski definition) is 1. The van der Waals surface area contributed by atoms with Crippen molar-refractivity contribution in [2.75, 3.05) is 18.5 Å². The van der Waals surface area contributed by atoms with Gasteiger partial charge in [0.1, 0.15) is 0 Å². The minimum Gasteiger partial charge on any atom is -0.481 e. The molecule has 1 saturated heterocycles. The number of nitrogens with zero attached hydrogens (tertiary/aromatic N) is 2. The van der Waals surface area contributed by atoms with Gasteiger partial charge in [0, 0.05) is 25.3 Å². The fraction of sp³-hybridized carbons (Fsp3) is 0.429. The molecular formula is C14H18N2O3. The van der Waals surface area contributed by atoms with Crippen molar-refractivity contribution in [3.63, 3.8) is 0 Å². The molecule has 19 heavy (non-hydrogen) atoms. The molecule has 1 aliphatic heterocycles. The second-order valence-electron chi connectivity index (χ2n) is 4.76. The van der Waals surface area contributed by atoms with Gasteiger partial charge in [0.05, 0.1) is 6.42 Å². The zero-order chi connectivity index (χ0) is 13.8. The van der Waals surface area contributed by atoms with E-state index < -0.39 is 5.97 Å². The Balaban J connectivity index is 2.08. The first-order valence-corrected chi connectivity index (χ1v) is 6.41. The molecular weight excluding hydrogens is 244 g/mol. The molecule has 0 aromatic heterocycles. The summed E-state index contributed by atoms with van der Waals surface area (Å²) in [6.45, 7) is 0.633. The highest BCUT2D eigenvalue weighted by molar-refractivity contribution is 5.92. The number of hydrogen-bond acceptors (Lipinski definition) is 2. The minimum atomic E-state index is -0.855. The number of likely N-dealkylation sites (tertiary alicyclic amines) is 1. The summed E-state index contributed by atoms with van der Waals surface area (Å²) in [5.74, 6) is -0.855. The topological polar surface area (TPSA) is 60.9 Å². The highest BCUT2D eigenvalue weighted by atomic mass is 16.4. The van der Waals surface area contributed by atoms with E-state index >= 15 is 0 Å². The van der Waals surface area contributed by atoms with Crippen LogP contribution < -0.4 is 4.90 Å². The van der Waals surface area contributed by atoms with Crippen LogP contribution in [0.5, 0.6) is 0 Å². The Morgan fingerprint density at radius 2 is 2.05 bits per heavy atom. The number of carboxylic acid groups (broad SMARTS) is 1. The third kappa shape index (κ3) is 3.05. The normalized spacial score (nSPS) is 18.4. The number of rotatable bonds is 3. The largest absolute Gasteiger partial charge is 0.481 e. The maximum Gasteiger partial charge on any atom is 0.324 e. The third-order valence-electron chi connectivity index (χ3n) is 3.46. The molecule has 0 unspecified atom stereocenters. The molecule has 0 radical (unpaired) electrons. The molecule has 5 heteroatoms. The standard InChI is InChI=1S/C14H18N2O3/c1-15(11-6-3-2-4-7-11)14(19)16-9-5-8-12(16)10-13(17)18/h2-4,6-7,12H,5,8-10H2,1H3,(H,17,18)/t12-/m1/s1. The van der Waals surface area contributed by atoms with Crippen molar-refractivity contribution in [2.24, 2.45) is 0 Å². The molecule has 1 atom stereocenters. The van der Waals surface area contributed by atoms with Crippen LogP contribution in [0.1, 0.15) is 19.3 Å². The number of carbonyl (C=O) groups excluding carboxylic acids is 1. The summed E-state index contributed by atoms with van der Waals surface area (Å²) in [6, 6.07) is 9.05. The van der Waals surface area contributed by atoms with Crippen molar-refractivity contribution in [1.82, 2.24) is 4.90 Å². The zero-order valence-electron chi connectivity index (χ0n) is 11.0. The second kappa shape index (κ2) is 5.73. The van der Waals surface area contributed by atoms with Crippen LogP contribution in [-0.4, -0.2) is 41.6 Å². The summed E-state index contributed by atoms with van der Waals surface area (Å²) in [4.78, 5) is 26.4. The van der Waals surface area contributed by atoms with Gasteiger partial charge in [-0.2, -0.15) is 0 Å². The molecule has 1 aliphatic rings. The van der Waals surface area contributed by atoms with Gasteiger partial charge in [-0.15, -0.1) is 0 Å². The Bertz CT molecular complexity index is 461. The van der Waals surface area contributed by atoms with Crippen LogP contribution in [0.2, 0.25) is 0 Å². The minimum absolute atomic E-state index is 0.0222. The van der Waals surface area contributed by atoms with Gasteiger partial charge >= 0.3 is 12.0 Å². The number of aliphatic carboxylic acids is 1. The van der Waals surface area contributed by atoms with E-state index in [0.29, 0.717) is 6.54 Å². The Hall–Kier alpha value is -2.04. The van der Waals surface area contributed by atoms with E-state index in [4.69, 9.17) is 5.11 Å². The first kappa shape index (κ1) is 13.4. The lowest BCUT2D eigenvalue weighted by molar-refractivity contribution is -0.137. The number of para-hydroxylation sites is 1. The number of carboxylic acids is 1. The van der Waals surface area contributed by atoms with Crippen LogP contribution in [0.25, 0.3) is 0 Å². The molecule has 0 saturated carbocycles. The lowest BCUT2D eigenvalue weighted by Crippen LogP contribution is -2.44. The Morgan fingerprint density at radius 1 is 1.37 bits per heavy atom. The van der Waals surface area contributed by atoms with Crippen molar-refractivity contribution in [2.45, 2.75) is 25.3 Å². The van der Waals surface area contributed by atoms with E-state index in [1.807, 2.05) is 30.3 Å². The Morgan fingerprint density at radius 3 is 2.68 bits per heavy atom. The van der Waals surface area contributed by atoms with Gasteiger partial charge < -0.3 is 10.0 Å². The van der Waals surface area contributed by atoms with Crippen molar-refractivity contribution in [1.29, 1.82) is 0 Å². The molecule has 1 heterocycles. The van der Waals surface area contributed by atoms with E-state index in [1.165, 1.54) is 0 Å². The van der Waals surface area contributed by atoms with Gasteiger partial charge in [-0.25, -0.2) is 4.79 Å². The van der Waals surface area contributed by atoms with Crippen molar-refractivity contribution >= 4 is 17.7 Å². The van der Waals surface area contributed by atoms with Gasteiger partial charge in [0.15, 0.2) is 0 Å². The fourth-order valence-corrected chi connectivity index (χ4v) is 2.46. The zero-order valence-corrected chi connectivity index (χ0v) is 11.0. The monoisotopic (exact) mass is 262 g/mol. The van der Waals surface area contributed by atoms with Crippen LogP contribution in [0.15, 0.2) is 30.3 Å². The number of anilines is 1. The predicted octanol–water partition coefficient (Wildman–Crippen LogP) is 2.18. The van der Waals surface area contributed by atoms with Crippen LogP contribution in [0, 0.1) is 0 Å². The quantitative estimate of drug-likeness (QED) is 0.908. The lowest BCUT2D eigenvalue weighted by atomic mass is 10.1. The van der Waals surface area contributed by atoms with Crippen molar-refractivity contribution < 1.29 is 14.7 Å². The number of amides is 2. The molecule has 1 aromatic carbocycles. The summed E-state index contributed by atoms with van der Waals surface area (Å²) < 4.78 is 0. The van der Waals surface area contributed by atoms with E-state index in [0.717, 1.165) is 18.5 Å². The highest BCUT2D eigenvalue weighted by Crippen LogP contribution is 2.23. The molecule has 2 amide bonds. The number of urea groups is 1. The van der Waals surface area contributed by atoms with E-state index in [-0.39, 0.29) is 18.5 Å². The maximum atomic E-state index is 12.4. The van der Waals surface area contributed by atoms with Crippen LogP contribution in [0.4, 0.5) is 10.5 Å². The Labute approximate surface area is 112 Å². The summed E-state index contributed by atoms with van der Waals surface area (Å²) in [7, 11) is 1.72. The first-order valence-electron chi connectivity index (χ1n) is 6.41. The molecule has 2 rings (SSSR count). The van der Waals surface area contributed by atoms with Crippen LogP contribution in [0.3, 0.4) is 0 Å². The molecule has 1 aromatic rings. The van der Waals surface area contributed by atoms with Crippen molar-refractivity contribution in [3.05, 3.63) is 30.3 Å². The van der Waals surface area contributed by atoms with Gasteiger partial charge in [0.25, 0.3) is 0 Å². The van der Waals surface area contributed by atoms with E-state index in [9.17, 15) is 9.59 Å². The van der Waals surface area contributed by atoms with Crippen molar-refractivity contribution in [3.8, 4) is 0 Å². The smallest absolute Gasteiger partial charge is 0.324 e. The predicted molar refractivity (Wildman–Crippen MR) is 72.2 cm³/mol. The fourth-order valence-electron chi connectivity index (χ4n) is 2.46. The summed E-state index contributed by atoms with van der Waals surface area (Å²) in [6.07, 6.45) is 1.65. The molecule has 1 fully saturated rings. The molecule has 0 aliphatic carbocycles. The van der Waals surface area contributed by atoms with Gasteiger partial charge in [-0.05, 0) is 25.0 Å². The van der Waals surface area contributed by atoms with E-state index in [2.05, 4.69) is 0 Å². The molecule has 1 N–H and O–H groups in total. The second-order valence-corrected chi connectivity index (χ2v) is 4.76. The molecule has 0 bridgehead atoms. The lowest BCUT2D eigenvalue weighted by Gasteiger charge is -2.29. The van der Waals surface area contributed by atoms with Gasteiger partial charge in [-0.1, -0.05) is 18.2 Å². The molecule has 102 valence electrons. The average Bonchev–Trinajstić information content (AvgIpc) is 2.85. The van der Waals surface area contributed by atoms with Crippen LogP contribution >= 0.6 is 0 Å². The van der Waals surface area contributed by atoms with Gasteiger partial charge in [-0.3, -0.25) is 9.69 Å². The number of carbonyl (C=O) groups is 2. The average molecular weight is 262 g/mol.